The highest BCUT2D eigenvalue weighted by molar-refractivity contribution is 5.80. The van der Waals surface area contributed by atoms with Crippen LogP contribution in [0, 0.1) is 6.92 Å². The summed E-state index contributed by atoms with van der Waals surface area (Å²) in [7, 11) is 0. The van der Waals surface area contributed by atoms with Gasteiger partial charge in [0.2, 0.25) is 0 Å². The third-order valence-corrected chi connectivity index (χ3v) is 3.02. The maximum Gasteiger partial charge on any atom is 0.163 e. The van der Waals surface area contributed by atoms with Gasteiger partial charge in [-0.25, -0.2) is 15.0 Å². The van der Waals surface area contributed by atoms with Crippen molar-refractivity contribution in [1.29, 1.82) is 0 Å². The summed E-state index contributed by atoms with van der Waals surface area (Å²) in [5.41, 5.74) is 4.57. The van der Waals surface area contributed by atoms with E-state index in [-0.39, 0.29) is 0 Å². The standard InChI is InChI=1S/C16H13N3/c1-12-6-8-13(9-7-12)14-4-2-3-5-15(14)16-18-10-17-11-19-16/h2-11H,1H3. The van der Waals surface area contributed by atoms with Gasteiger partial charge in [-0.3, -0.25) is 0 Å². The molecule has 0 bridgehead atoms. The van der Waals surface area contributed by atoms with E-state index in [0.29, 0.717) is 5.82 Å². The Kier molecular flexibility index (Phi) is 3.02. The second-order valence-electron chi connectivity index (χ2n) is 4.37. The molecule has 0 unspecified atom stereocenters. The highest BCUT2D eigenvalue weighted by atomic mass is 15.0. The Hall–Kier alpha value is -2.55. The topological polar surface area (TPSA) is 38.7 Å². The Morgan fingerprint density at radius 1 is 0.737 bits per heavy atom. The van der Waals surface area contributed by atoms with Gasteiger partial charge in [-0.1, -0.05) is 54.1 Å². The predicted molar refractivity (Wildman–Crippen MR) is 75.4 cm³/mol. The van der Waals surface area contributed by atoms with Gasteiger partial charge in [-0.05, 0) is 18.1 Å². The quantitative estimate of drug-likeness (QED) is 0.695. The predicted octanol–water partition coefficient (Wildman–Crippen LogP) is 3.51. The summed E-state index contributed by atoms with van der Waals surface area (Å²) >= 11 is 0. The highest BCUT2D eigenvalue weighted by Gasteiger charge is 2.08. The summed E-state index contributed by atoms with van der Waals surface area (Å²) in [5.74, 6) is 0.700. The van der Waals surface area contributed by atoms with E-state index in [1.807, 2.05) is 18.2 Å². The lowest BCUT2D eigenvalue weighted by atomic mass is 9.98. The van der Waals surface area contributed by atoms with Crippen LogP contribution in [0.1, 0.15) is 5.56 Å². The molecule has 0 saturated carbocycles. The first kappa shape index (κ1) is 11.5. The number of hydrogen-bond donors (Lipinski definition) is 0. The molecule has 0 N–H and O–H groups in total. The maximum absolute atomic E-state index is 4.23. The van der Waals surface area contributed by atoms with E-state index in [9.17, 15) is 0 Å². The summed E-state index contributed by atoms with van der Waals surface area (Å²) in [6.45, 7) is 2.08. The van der Waals surface area contributed by atoms with Crippen molar-refractivity contribution in [3.63, 3.8) is 0 Å². The van der Waals surface area contributed by atoms with Gasteiger partial charge in [0, 0.05) is 5.56 Å². The molecule has 1 aromatic heterocycles. The van der Waals surface area contributed by atoms with E-state index < -0.39 is 0 Å². The number of hydrogen-bond acceptors (Lipinski definition) is 3. The maximum atomic E-state index is 4.23. The smallest absolute Gasteiger partial charge is 0.163 e. The lowest BCUT2D eigenvalue weighted by Crippen LogP contribution is -1.91. The highest BCUT2D eigenvalue weighted by Crippen LogP contribution is 2.29. The summed E-state index contributed by atoms with van der Waals surface area (Å²) < 4.78 is 0. The van der Waals surface area contributed by atoms with Crippen molar-refractivity contribution in [3.05, 3.63) is 66.7 Å². The summed E-state index contributed by atoms with van der Waals surface area (Å²) in [4.78, 5) is 12.3. The lowest BCUT2D eigenvalue weighted by Gasteiger charge is -2.08. The fourth-order valence-electron chi connectivity index (χ4n) is 2.04. The van der Waals surface area contributed by atoms with Crippen LogP contribution in [0.5, 0.6) is 0 Å². The van der Waals surface area contributed by atoms with Crippen molar-refractivity contribution >= 4 is 0 Å². The first-order valence-corrected chi connectivity index (χ1v) is 6.13. The number of rotatable bonds is 2. The number of nitrogens with zero attached hydrogens (tertiary/aromatic N) is 3. The van der Waals surface area contributed by atoms with Crippen molar-refractivity contribution in [3.8, 4) is 22.5 Å². The fourth-order valence-corrected chi connectivity index (χ4v) is 2.04. The monoisotopic (exact) mass is 247 g/mol. The zero-order valence-electron chi connectivity index (χ0n) is 10.6. The van der Waals surface area contributed by atoms with Crippen molar-refractivity contribution in [2.75, 3.05) is 0 Å². The van der Waals surface area contributed by atoms with Crippen molar-refractivity contribution < 1.29 is 0 Å². The summed E-state index contributed by atoms with van der Waals surface area (Å²) in [6.07, 6.45) is 3.04. The van der Waals surface area contributed by atoms with Gasteiger partial charge in [0.1, 0.15) is 12.7 Å². The van der Waals surface area contributed by atoms with Gasteiger partial charge < -0.3 is 0 Å². The van der Waals surface area contributed by atoms with E-state index in [1.165, 1.54) is 23.8 Å². The van der Waals surface area contributed by atoms with E-state index in [1.54, 1.807) is 0 Å². The van der Waals surface area contributed by atoms with Crippen molar-refractivity contribution in [1.82, 2.24) is 15.0 Å². The molecule has 0 spiro atoms. The minimum Gasteiger partial charge on any atom is -0.225 e. The van der Waals surface area contributed by atoms with Crippen LogP contribution in [0.25, 0.3) is 22.5 Å². The molecule has 0 amide bonds. The third kappa shape index (κ3) is 2.36. The Morgan fingerprint density at radius 2 is 1.37 bits per heavy atom. The van der Waals surface area contributed by atoms with Crippen LogP contribution in [0.15, 0.2) is 61.2 Å². The van der Waals surface area contributed by atoms with Crippen LogP contribution >= 0.6 is 0 Å². The summed E-state index contributed by atoms with van der Waals surface area (Å²) in [5, 5.41) is 0. The first-order chi connectivity index (χ1) is 9.34. The van der Waals surface area contributed by atoms with E-state index >= 15 is 0 Å². The van der Waals surface area contributed by atoms with Gasteiger partial charge in [0.25, 0.3) is 0 Å². The molecule has 3 aromatic rings. The van der Waals surface area contributed by atoms with Crippen molar-refractivity contribution in [2.45, 2.75) is 6.92 Å². The molecule has 0 saturated heterocycles. The van der Waals surface area contributed by atoms with E-state index in [0.717, 1.165) is 11.1 Å². The molecule has 2 aromatic carbocycles. The molecule has 19 heavy (non-hydrogen) atoms. The largest absolute Gasteiger partial charge is 0.225 e. The van der Waals surface area contributed by atoms with E-state index in [2.05, 4.69) is 52.2 Å². The minimum atomic E-state index is 0.700. The Morgan fingerprint density at radius 3 is 2.05 bits per heavy atom. The van der Waals surface area contributed by atoms with E-state index in [4.69, 9.17) is 0 Å². The lowest BCUT2D eigenvalue weighted by molar-refractivity contribution is 1.06. The van der Waals surface area contributed by atoms with Crippen molar-refractivity contribution in [2.24, 2.45) is 0 Å². The van der Waals surface area contributed by atoms with Gasteiger partial charge >= 0.3 is 0 Å². The molecule has 0 atom stereocenters. The molecule has 0 radical (unpaired) electrons. The third-order valence-electron chi connectivity index (χ3n) is 3.02. The molecular weight excluding hydrogens is 234 g/mol. The molecule has 0 fully saturated rings. The molecule has 0 aliphatic rings. The van der Waals surface area contributed by atoms with Crippen LogP contribution in [-0.4, -0.2) is 15.0 Å². The molecule has 3 heteroatoms. The van der Waals surface area contributed by atoms with Crippen LogP contribution in [-0.2, 0) is 0 Å². The van der Waals surface area contributed by atoms with Crippen LogP contribution in [0.4, 0.5) is 0 Å². The van der Waals surface area contributed by atoms with Gasteiger partial charge in [0.05, 0.1) is 0 Å². The molecule has 3 nitrogen and oxygen atoms in total. The molecule has 3 rings (SSSR count). The molecular formula is C16H13N3. The molecule has 92 valence electrons. The Balaban J connectivity index is 2.15. The van der Waals surface area contributed by atoms with Crippen LogP contribution in [0.2, 0.25) is 0 Å². The fraction of sp³-hybridized carbons (Fsp3) is 0.0625. The number of aromatic nitrogens is 3. The minimum absolute atomic E-state index is 0.700. The first-order valence-electron chi connectivity index (χ1n) is 6.13. The van der Waals surface area contributed by atoms with Crippen LogP contribution in [0.3, 0.4) is 0 Å². The molecule has 1 heterocycles. The average molecular weight is 247 g/mol. The van der Waals surface area contributed by atoms with Gasteiger partial charge in [-0.2, -0.15) is 0 Å². The van der Waals surface area contributed by atoms with Gasteiger partial charge in [0.15, 0.2) is 5.82 Å². The zero-order chi connectivity index (χ0) is 13.1. The second-order valence-corrected chi connectivity index (χ2v) is 4.37. The normalized spacial score (nSPS) is 10.4. The van der Waals surface area contributed by atoms with Gasteiger partial charge in [-0.15, -0.1) is 0 Å². The number of aryl methyl sites for hydroxylation is 1. The molecule has 0 aliphatic carbocycles. The summed E-state index contributed by atoms with van der Waals surface area (Å²) in [6, 6.07) is 16.6. The zero-order valence-corrected chi connectivity index (χ0v) is 10.6. The molecule has 0 aliphatic heterocycles. The Bertz CT molecular complexity index is 676. The second kappa shape index (κ2) is 4.98. The van der Waals surface area contributed by atoms with Crippen LogP contribution < -0.4 is 0 Å². The Labute approximate surface area is 112 Å². The average Bonchev–Trinajstić information content (AvgIpc) is 2.49. The number of benzene rings is 2. The SMILES string of the molecule is Cc1ccc(-c2ccccc2-c2ncncn2)cc1.